The van der Waals surface area contributed by atoms with E-state index >= 15 is 0 Å². The maximum absolute atomic E-state index is 13.6. The smallest absolute Gasteiger partial charge is 0.165 e. The molecule has 0 radical (unpaired) electrons. The Morgan fingerprint density at radius 1 is 1.05 bits per heavy atom. The van der Waals surface area contributed by atoms with Crippen LogP contribution in [0.1, 0.15) is 18.9 Å². The molecule has 0 aliphatic rings. The van der Waals surface area contributed by atoms with E-state index in [0.717, 1.165) is 18.4 Å². The van der Waals surface area contributed by atoms with Gasteiger partial charge in [-0.25, -0.2) is 4.39 Å². The van der Waals surface area contributed by atoms with E-state index in [1.165, 1.54) is 6.07 Å². The lowest BCUT2D eigenvalue weighted by atomic mass is 10.0. The molecule has 1 unspecified atom stereocenters. The van der Waals surface area contributed by atoms with Gasteiger partial charge >= 0.3 is 0 Å². The minimum Gasteiger partial charge on any atom is -0.454 e. The minimum atomic E-state index is -0.364. The van der Waals surface area contributed by atoms with E-state index in [2.05, 4.69) is 0 Å². The molecule has 0 saturated carbocycles. The molecule has 2 rings (SSSR count). The molecule has 1 atom stereocenters. The van der Waals surface area contributed by atoms with Gasteiger partial charge in [-0.1, -0.05) is 37.3 Å². The Hall–Kier alpha value is -1.87. The van der Waals surface area contributed by atoms with Gasteiger partial charge in [0.15, 0.2) is 11.6 Å². The van der Waals surface area contributed by atoms with E-state index in [1.54, 1.807) is 18.2 Å². The van der Waals surface area contributed by atoms with Crippen molar-refractivity contribution in [3.63, 3.8) is 0 Å². The average molecular weight is 259 g/mol. The number of para-hydroxylation sites is 2. The second-order valence-corrected chi connectivity index (χ2v) is 4.51. The van der Waals surface area contributed by atoms with Gasteiger partial charge in [0.05, 0.1) is 0 Å². The first-order valence-electron chi connectivity index (χ1n) is 6.46. The van der Waals surface area contributed by atoms with E-state index in [4.69, 9.17) is 10.5 Å². The zero-order valence-corrected chi connectivity index (χ0v) is 11.0. The summed E-state index contributed by atoms with van der Waals surface area (Å²) in [5, 5.41) is 0. The molecule has 0 amide bonds. The molecule has 0 saturated heterocycles. The Kier molecular flexibility index (Phi) is 4.53. The molecule has 100 valence electrons. The van der Waals surface area contributed by atoms with E-state index in [0.29, 0.717) is 5.75 Å². The van der Waals surface area contributed by atoms with Crippen molar-refractivity contribution in [2.75, 3.05) is 0 Å². The molecule has 2 nitrogen and oxygen atoms in total. The van der Waals surface area contributed by atoms with Gasteiger partial charge in [-0.05, 0) is 36.6 Å². The predicted molar refractivity (Wildman–Crippen MR) is 74.9 cm³/mol. The molecule has 0 spiro atoms. The molecule has 3 heteroatoms. The number of rotatable bonds is 5. The highest BCUT2D eigenvalue weighted by atomic mass is 19.1. The fourth-order valence-corrected chi connectivity index (χ4v) is 1.84. The second kappa shape index (κ2) is 6.34. The van der Waals surface area contributed by atoms with Crippen LogP contribution in [-0.4, -0.2) is 6.04 Å². The monoisotopic (exact) mass is 259 g/mol. The Labute approximate surface area is 113 Å². The number of hydrogen-bond donors (Lipinski definition) is 1. The lowest BCUT2D eigenvalue weighted by molar-refractivity contribution is 0.435. The highest BCUT2D eigenvalue weighted by Gasteiger charge is 2.10. The van der Waals surface area contributed by atoms with E-state index in [1.807, 2.05) is 31.2 Å². The van der Waals surface area contributed by atoms with Crippen LogP contribution >= 0.6 is 0 Å². The zero-order valence-electron chi connectivity index (χ0n) is 11.0. The summed E-state index contributed by atoms with van der Waals surface area (Å²) in [7, 11) is 0. The van der Waals surface area contributed by atoms with E-state index < -0.39 is 0 Å². The maximum atomic E-state index is 13.6. The number of ether oxygens (including phenoxy) is 1. The zero-order chi connectivity index (χ0) is 13.7. The standard InChI is InChI=1S/C16H18FNO/c1-2-13(18)11-12-7-3-5-9-15(12)19-16-10-6-4-8-14(16)17/h3-10,13H,2,11,18H2,1H3. The van der Waals surface area contributed by atoms with Gasteiger partial charge in [0.25, 0.3) is 0 Å². The van der Waals surface area contributed by atoms with E-state index in [9.17, 15) is 4.39 Å². The molecule has 19 heavy (non-hydrogen) atoms. The first-order chi connectivity index (χ1) is 9.20. The Morgan fingerprint density at radius 2 is 1.68 bits per heavy atom. The molecule has 2 aromatic carbocycles. The molecular formula is C16H18FNO. The SMILES string of the molecule is CCC(N)Cc1ccccc1Oc1ccccc1F. The molecule has 0 aliphatic carbocycles. The van der Waals surface area contributed by atoms with Gasteiger partial charge in [-0.2, -0.15) is 0 Å². The fraction of sp³-hybridized carbons (Fsp3) is 0.250. The van der Waals surface area contributed by atoms with Crippen molar-refractivity contribution in [3.05, 3.63) is 59.9 Å². The van der Waals surface area contributed by atoms with Crippen LogP contribution in [0.4, 0.5) is 4.39 Å². The molecule has 0 heterocycles. The van der Waals surface area contributed by atoms with Crippen molar-refractivity contribution in [1.29, 1.82) is 0 Å². The number of benzene rings is 2. The van der Waals surface area contributed by atoms with Gasteiger partial charge in [-0.15, -0.1) is 0 Å². The van der Waals surface area contributed by atoms with Crippen molar-refractivity contribution in [2.24, 2.45) is 5.73 Å². The predicted octanol–water partition coefficient (Wildman–Crippen LogP) is 3.90. The van der Waals surface area contributed by atoms with Crippen LogP contribution in [0.2, 0.25) is 0 Å². The molecule has 0 aromatic heterocycles. The van der Waals surface area contributed by atoms with Crippen LogP contribution in [0.25, 0.3) is 0 Å². The van der Waals surface area contributed by atoms with E-state index in [-0.39, 0.29) is 17.6 Å². The quantitative estimate of drug-likeness (QED) is 0.883. The molecular weight excluding hydrogens is 241 g/mol. The van der Waals surface area contributed by atoms with Crippen molar-refractivity contribution < 1.29 is 9.13 Å². The van der Waals surface area contributed by atoms with Crippen LogP contribution < -0.4 is 10.5 Å². The normalized spacial score (nSPS) is 12.2. The summed E-state index contributed by atoms with van der Waals surface area (Å²) in [6, 6.07) is 14.1. The van der Waals surface area contributed by atoms with Gasteiger partial charge in [0.2, 0.25) is 0 Å². The largest absolute Gasteiger partial charge is 0.454 e. The van der Waals surface area contributed by atoms with Crippen molar-refractivity contribution >= 4 is 0 Å². The number of nitrogens with two attached hydrogens (primary N) is 1. The summed E-state index contributed by atoms with van der Waals surface area (Å²) in [6.45, 7) is 2.05. The molecule has 0 bridgehead atoms. The molecule has 0 fully saturated rings. The second-order valence-electron chi connectivity index (χ2n) is 4.51. The molecule has 2 N–H and O–H groups in total. The van der Waals surface area contributed by atoms with Crippen molar-refractivity contribution in [3.8, 4) is 11.5 Å². The summed E-state index contributed by atoms with van der Waals surface area (Å²) >= 11 is 0. The lowest BCUT2D eigenvalue weighted by Gasteiger charge is -2.14. The van der Waals surface area contributed by atoms with Gasteiger partial charge in [0.1, 0.15) is 5.75 Å². The Morgan fingerprint density at radius 3 is 2.37 bits per heavy atom. The molecule has 2 aromatic rings. The topological polar surface area (TPSA) is 35.2 Å². The third kappa shape index (κ3) is 3.55. The minimum absolute atomic E-state index is 0.0883. The van der Waals surface area contributed by atoms with Crippen LogP contribution in [0.3, 0.4) is 0 Å². The Bertz CT molecular complexity index is 542. The first-order valence-corrected chi connectivity index (χ1v) is 6.46. The van der Waals surface area contributed by atoms with Crippen LogP contribution in [0, 0.1) is 5.82 Å². The van der Waals surface area contributed by atoms with Crippen molar-refractivity contribution in [1.82, 2.24) is 0 Å². The lowest BCUT2D eigenvalue weighted by Crippen LogP contribution is -2.21. The summed E-state index contributed by atoms with van der Waals surface area (Å²) in [5.74, 6) is 0.536. The van der Waals surface area contributed by atoms with Gasteiger partial charge in [-0.3, -0.25) is 0 Å². The summed E-state index contributed by atoms with van der Waals surface area (Å²) in [5.41, 5.74) is 6.97. The summed E-state index contributed by atoms with van der Waals surface area (Å²) in [6.07, 6.45) is 1.62. The molecule has 0 aliphatic heterocycles. The number of halogens is 1. The summed E-state index contributed by atoms with van der Waals surface area (Å²) < 4.78 is 19.2. The van der Waals surface area contributed by atoms with Crippen LogP contribution in [-0.2, 0) is 6.42 Å². The summed E-state index contributed by atoms with van der Waals surface area (Å²) in [4.78, 5) is 0. The van der Waals surface area contributed by atoms with Crippen LogP contribution in [0.15, 0.2) is 48.5 Å². The van der Waals surface area contributed by atoms with Gasteiger partial charge in [0, 0.05) is 6.04 Å². The van der Waals surface area contributed by atoms with Crippen LogP contribution in [0.5, 0.6) is 11.5 Å². The van der Waals surface area contributed by atoms with Gasteiger partial charge < -0.3 is 10.5 Å². The average Bonchev–Trinajstić information content (AvgIpc) is 2.43. The maximum Gasteiger partial charge on any atom is 0.165 e. The fourth-order valence-electron chi connectivity index (χ4n) is 1.84. The first kappa shape index (κ1) is 13.6. The highest BCUT2D eigenvalue weighted by Crippen LogP contribution is 2.27. The number of hydrogen-bond acceptors (Lipinski definition) is 2. The van der Waals surface area contributed by atoms with Crippen molar-refractivity contribution in [2.45, 2.75) is 25.8 Å². The third-order valence-electron chi connectivity index (χ3n) is 3.04. The Balaban J connectivity index is 2.23. The highest BCUT2D eigenvalue weighted by molar-refractivity contribution is 5.38. The third-order valence-corrected chi connectivity index (χ3v) is 3.04.